The molecule has 7 nitrogen and oxygen atoms in total. The summed E-state index contributed by atoms with van der Waals surface area (Å²) in [5.41, 5.74) is 1.12. The van der Waals surface area contributed by atoms with Crippen LogP contribution in [0.1, 0.15) is 11.1 Å². The van der Waals surface area contributed by atoms with Crippen LogP contribution >= 0.6 is 23.2 Å². The Morgan fingerprint density at radius 1 is 0.939 bits per heavy atom. The Morgan fingerprint density at radius 2 is 1.67 bits per heavy atom. The van der Waals surface area contributed by atoms with E-state index in [9.17, 15) is 19.5 Å². The van der Waals surface area contributed by atoms with E-state index in [0.717, 1.165) is 10.5 Å². The van der Waals surface area contributed by atoms with Gasteiger partial charge in [-0.3, -0.25) is 14.9 Å². The fourth-order valence-corrected chi connectivity index (χ4v) is 3.59. The van der Waals surface area contributed by atoms with E-state index in [-0.39, 0.29) is 23.6 Å². The SMILES string of the molecule is O=C1NC(=O)N(c2ccc(O)cc2)C(=O)/C1=C/c1cc(Cl)ccc1OCc1cccc(Cl)c1. The number of urea groups is 1. The Balaban J connectivity index is 1.67. The number of rotatable bonds is 5. The molecular weight excluding hydrogens is 467 g/mol. The largest absolute Gasteiger partial charge is 0.508 e. The van der Waals surface area contributed by atoms with Crippen LogP contribution in [0.5, 0.6) is 11.5 Å². The highest BCUT2D eigenvalue weighted by atomic mass is 35.5. The average molecular weight is 483 g/mol. The first-order valence-electron chi connectivity index (χ1n) is 9.69. The molecule has 166 valence electrons. The van der Waals surface area contributed by atoms with E-state index in [0.29, 0.717) is 21.4 Å². The van der Waals surface area contributed by atoms with Crippen LogP contribution in [0.25, 0.3) is 6.08 Å². The third-order valence-corrected chi connectivity index (χ3v) is 5.23. The number of nitrogens with one attached hydrogen (secondary N) is 1. The number of ether oxygens (including phenoxy) is 1. The molecule has 3 aromatic carbocycles. The lowest BCUT2D eigenvalue weighted by atomic mass is 10.1. The quantitative estimate of drug-likeness (QED) is 0.396. The fraction of sp³-hybridized carbons (Fsp3) is 0.0417. The van der Waals surface area contributed by atoms with Gasteiger partial charge in [0.1, 0.15) is 23.7 Å². The molecule has 4 amide bonds. The van der Waals surface area contributed by atoms with Crippen LogP contribution in [0.4, 0.5) is 10.5 Å². The number of nitrogens with zero attached hydrogens (tertiary/aromatic N) is 1. The number of hydrogen-bond acceptors (Lipinski definition) is 5. The zero-order valence-corrected chi connectivity index (χ0v) is 18.4. The van der Waals surface area contributed by atoms with Gasteiger partial charge < -0.3 is 9.84 Å². The van der Waals surface area contributed by atoms with Crippen molar-refractivity contribution >= 4 is 52.8 Å². The molecule has 0 aliphatic carbocycles. The van der Waals surface area contributed by atoms with Crippen molar-refractivity contribution in [1.82, 2.24) is 5.32 Å². The molecule has 33 heavy (non-hydrogen) atoms. The maximum Gasteiger partial charge on any atom is 0.335 e. The van der Waals surface area contributed by atoms with Crippen molar-refractivity contribution in [3.63, 3.8) is 0 Å². The second-order valence-electron chi connectivity index (χ2n) is 7.07. The minimum atomic E-state index is -0.892. The molecule has 4 rings (SSSR count). The fourth-order valence-electron chi connectivity index (χ4n) is 3.20. The lowest BCUT2D eigenvalue weighted by Gasteiger charge is -2.26. The molecule has 0 spiro atoms. The molecule has 2 N–H and O–H groups in total. The topological polar surface area (TPSA) is 95.9 Å². The molecule has 1 saturated heterocycles. The van der Waals surface area contributed by atoms with Gasteiger partial charge >= 0.3 is 6.03 Å². The number of aromatic hydroxyl groups is 1. The average Bonchev–Trinajstić information content (AvgIpc) is 2.77. The Hall–Kier alpha value is -3.81. The molecule has 3 aromatic rings. The number of anilines is 1. The zero-order valence-electron chi connectivity index (χ0n) is 16.9. The number of amides is 4. The second-order valence-corrected chi connectivity index (χ2v) is 7.95. The van der Waals surface area contributed by atoms with Gasteiger partial charge in [-0.15, -0.1) is 0 Å². The summed E-state index contributed by atoms with van der Waals surface area (Å²) in [5, 5.41) is 12.6. The number of phenols is 1. The maximum atomic E-state index is 13.1. The minimum Gasteiger partial charge on any atom is -0.508 e. The van der Waals surface area contributed by atoms with Gasteiger partial charge in [-0.2, -0.15) is 0 Å². The first kappa shape index (κ1) is 22.4. The summed E-state index contributed by atoms with van der Waals surface area (Å²) in [6.45, 7) is 0.191. The summed E-state index contributed by atoms with van der Waals surface area (Å²) in [7, 11) is 0. The van der Waals surface area contributed by atoms with Gasteiger partial charge in [0.2, 0.25) is 0 Å². The predicted octanol–water partition coefficient (Wildman–Crippen LogP) is 4.94. The van der Waals surface area contributed by atoms with Crippen molar-refractivity contribution < 1.29 is 24.2 Å². The number of imide groups is 2. The number of phenolic OH excluding ortho intramolecular Hbond substituents is 1. The van der Waals surface area contributed by atoms with Crippen LogP contribution in [-0.2, 0) is 16.2 Å². The smallest absolute Gasteiger partial charge is 0.335 e. The van der Waals surface area contributed by atoms with Crippen molar-refractivity contribution in [2.45, 2.75) is 6.61 Å². The molecule has 1 aliphatic heterocycles. The Morgan fingerprint density at radius 3 is 2.39 bits per heavy atom. The van der Waals surface area contributed by atoms with Crippen LogP contribution in [0.3, 0.4) is 0 Å². The van der Waals surface area contributed by atoms with E-state index in [1.165, 1.54) is 30.3 Å². The van der Waals surface area contributed by atoms with Crippen molar-refractivity contribution in [3.05, 3.63) is 93.5 Å². The molecule has 0 unspecified atom stereocenters. The monoisotopic (exact) mass is 482 g/mol. The molecule has 0 aromatic heterocycles. The third kappa shape index (κ3) is 5.00. The van der Waals surface area contributed by atoms with E-state index in [1.54, 1.807) is 36.4 Å². The first-order valence-corrected chi connectivity index (χ1v) is 10.4. The maximum absolute atomic E-state index is 13.1. The Bertz CT molecular complexity index is 1290. The number of benzene rings is 3. The second kappa shape index (κ2) is 9.36. The van der Waals surface area contributed by atoms with E-state index < -0.39 is 17.8 Å². The number of hydrogen-bond donors (Lipinski definition) is 2. The normalized spacial score (nSPS) is 15.0. The molecule has 1 fully saturated rings. The molecule has 1 heterocycles. The number of halogens is 2. The van der Waals surface area contributed by atoms with Crippen LogP contribution in [0.2, 0.25) is 10.0 Å². The van der Waals surface area contributed by atoms with E-state index in [2.05, 4.69) is 5.32 Å². The molecule has 0 radical (unpaired) electrons. The van der Waals surface area contributed by atoms with Crippen LogP contribution < -0.4 is 15.0 Å². The van der Waals surface area contributed by atoms with Gasteiger partial charge in [0, 0.05) is 15.6 Å². The molecule has 9 heteroatoms. The highest BCUT2D eigenvalue weighted by Crippen LogP contribution is 2.29. The summed E-state index contributed by atoms with van der Waals surface area (Å²) in [6.07, 6.45) is 1.32. The van der Waals surface area contributed by atoms with Gasteiger partial charge in [-0.25, -0.2) is 9.69 Å². The minimum absolute atomic E-state index is 0.0316. The van der Waals surface area contributed by atoms with Crippen LogP contribution in [0, 0.1) is 0 Å². The highest BCUT2D eigenvalue weighted by molar-refractivity contribution is 6.39. The molecule has 0 bridgehead atoms. The number of carbonyl (C=O) groups excluding carboxylic acids is 3. The Kier molecular flexibility index (Phi) is 6.35. The summed E-state index contributed by atoms with van der Waals surface area (Å²) >= 11 is 12.1. The summed E-state index contributed by atoms with van der Waals surface area (Å²) < 4.78 is 5.88. The standard InChI is InChI=1S/C24H16Cl2N2O5/c25-16-3-1-2-14(10-16)13-33-21-9-4-17(26)11-15(21)12-20-22(30)27-24(32)28(23(20)31)18-5-7-19(29)8-6-18/h1-12,29H,13H2,(H,27,30,32)/b20-12+. The van der Waals surface area contributed by atoms with Gasteiger partial charge in [0.15, 0.2) is 0 Å². The zero-order chi connectivity index (χ0) is 23.5. The summed E-state index contributed by atoms with van der Waals surface area (Å²) in [5.74, 6) is -1.33. The van der Waals surface area contributed by atoms with E-state index in [4.69, 9.17) is 27.9 Å². The van der Waals surface area contributed by atoms with Crippen molar-refractivity contribution in [3.8, 4) is 11.5 Å². The lowest BCUT2D eigenvalue weighted by molar-refractivity contribution is -0.122. The number of carbonyl (C=O) groups is 3. The Labute approximate surface area is 198 Å². The molecule has 1 aliphatic rings. The van der Waals surface area contributed by atoms with E-state index >= 15 is 0 Å². The molecule has 0 atom stereocenters. The molecular formula is C24H16Cl2N2O5. The van der Waals surface area contributed by atoms with Gasteiger partial charge in [0.05, 0.1) is 5.69 Å². The van der Waals surface area contributed by atoms with Gasteiger partial charge in [0.25, 0.3) is 11.8 Å². The van der Waals surface area contributed by atoms with Gasteiger partial charge in [-0.05, 0) is 66.2 Å². The predicted molar refractivity (Wildman–Crippen MR) is 124 cm³/mol. The molecule has 0 saturated carbocycles. The van der Waals surface area contributed by atoms with Crippen molar-refractivity contribution in [2.24, 2.45) is 0 Å². The third-order valence-electron chi connectivity index (χ3n) is 4.76. The van der Waals surface area contributed by atoms with Crippen LogP contribution in [-0.4, -0.2) is 23.0 Å². The van der Waals surface area contributed by atoms with Crippen LogP contribution in [0.15, 0.2) is 72.3 Å². The van der Waals surface area contributed by atoms with Crippen molar-refractivity contribution in [2.75, 3.05) is 4.90 Å². The lowest BCUT2D eigenvalue weighted by Crippen LogP contribution is -2.54. The number of barbiturate groups is 1. The highest BCUT2D eigenvalue weighted by Gasteiger charge is 2.37. The first-order chi connectivity index (χ1) is 15.8. The summed E-state index contributed by atoms with van der Waals surface area (Å²) in [4.78, 5) is 38.7. The summed E-state index contributed by atoms with van der Waals surface area (Å²) in [6, 6.07) is 16.5. The van der Waals surface area contributed by atoms with Gasteiger partial charge in [-0.1, -0.05) is 35.3 Å². The van der Waals surface area contributed by atoms with E-state index in [1.807, 2.05) is 6.07 Å². The van der Waals surface area contributed by atoms with Crippen molar-refractivity contribution in [1.29, 1.82) is 0 Å².